The van der Waals surface area contributed by atoms with Crippen molar-refractivity contribution in [2.75, 3.05) is 31.1 Å². The van der Waals surface area contributed by atoms with Crippen LogP contribution >= 0.6 is 0 Å². The number of piperazine rings is 1. The van der Waals surface area contributed by atoms with E-state index in [1.165, 1.54) is 5.69 Å². The van der Waals surface area contributed by atoms with Gasteiger partial charge in [-0.05, 0) is 23.5 Å². The van der Waals surface area contributed by atoms with E-state index in [0.29, 0.717) is 0 Å². The molecule has 0 aliphatic carbocycles. The van der Waals surface area contributed by atoms with E-state index < -0.39 is 0 Å². The van der Waals surface area contributed by atoms with Crippen molar-refractivity contribution in [1.29, 1.82) is 5.26 Å². The Labute approximate surface area is 183 Å². The van der Waals surface area contributed by atoms with Crippen LogP contribution in [0.5, 0.6) is 0 Å². The number of hydrogen-bond donors (Lipinski definition) is 0. The van der Waals surface area contributed by atoms with Crippen LogP contribution in [0.2, 0.25) is 0 Å². The van der Waals surface area contributed by atoms with Crippen LogP contribution < -0.4 is 4.90 Å². The molecule has 1 aliphatic rings. The normalized spacial score (nSPS) is 15.4. The van der Waals surface area contributed by atoms with Crippen molar-refractivity contribution in [2.24, 2.45) is 5.41 Å². The van der Waals surface area contributed by atoms with Gasteiger partial charge in [-0.2, -0.15) is 5.26 Å². The lowest BCUT2D eigenvalue weighted by Crippen LogP contribution is -2.46. The van der Waals surface area contributed by atoms with E-state index in [9.17, 15) is 5.26 Å². The summed E-state index contributed by atoms with van der Waals surface area (Å²) in [4.78, 5) is 22.4. The molecule has 0 spiro atoms. The minimum absolute atomic E-state index is 0.0964. The van der Waals surface area contributed by atoms with Gasteiger partial charge in [0.1, 0.15) is 11.7 Å². The smallest absolute Gasteiger partial charge is 0.234 e. The summed E-state index contributed by atoms with van der Waals surface area (Å²) in [5, 5.41) is 10.2. The molecule has 3 aromatic heterocycles. The monoisotopic (exact) mass is 418 g/mol. The topological polar surface area (TPSA) is 86.8 Å². The van der Waals surface area contributed by atoms with Crippen molar-refractivity contribution in [1.82, 2.24) is 29.4 Å². The lowest BCUT2D eigenvalue weighted by molar-refractivity contribution is 0.238. The zero-order chi connectivity index (χ0) is 22.0. The molecule has 8 nitrogen and oxygen atoms in total. The summed E-state index contributed by atoms with van der Waals surface area (Å²) in [5.41, 5.74) is 3.32. The third-order valence-electron chi connectivity index (χ3n) is 5.59. The van der Waals surface area contributed by atoms with Crippen molar-refractivity contribution >= 4 is 17.0 Å². The predicted octanol–water partition coefficient (Wildman–Crippen LogP) is 3.02. The van der Waals surface area contributed by atoms with Crippen LogP contribution in [-0.4, -0.2) is 55.6 Å². The SMILES string of the molecule is CCc1cnc(N2CCN(Cc3cc4cnc(C#N)nc4n3CC(C)(C)C)CC2)nc1. The van der Waals surface area contributed by atoms with Crippen molar-refractivity contribution in [3.05, 3.63) is 41.7 Å². The fourth-order valence-corrected chi connectivity index (χ4v) is 3.96. The molecule has 0 saturated carbocycles. The van der Waals surface area contributed by atoms with Crippen molar-refractivity contribution in [3.63, 3.8) is 0 Å². The molecule has 4 heterocycles. The Hall–Kier alpha value is -3.05. The van der Waals surface area contributed by atoms with Crippen LogP contribution in [0.1, 0.15) is 44.8 Å². The number of fused-ring (bicyclic) bond motifs is 1. The highest BCUT2D eigenvalue weighted by atomic mass is 15.3. The maximum absolute atomic E-state index is 9.23. The number of nitriles is 1. The third kappa shape index (κ3) is 4.83. The molecule has 162 valence electrons. The predicted molar refractivity (Wildman–Crippen MR) is 121 cm³/mol. The molecule has 0 bridgehead atoms. The van der Waals surface area contributed by atoms with E-state index >= 15 is 0 Å². The highest BCUT2D eigenvalue weighted by Gasteiger charge is 2.23. The molecule has 1 saturated heterocycles. The van der Waals surface area contributed by atoms with Crippen LogP contribution in [0.3, 0.4) is 0 Å². The number of aryl methyl sites for hydroxylation is 1. The number of hydrogen-bond acceptors (Lipinski definition) is 7. The second kappa shape index (κ2) is 8.60. The molecule has 1 fully saturated rings. The molecule has 0 unspecified atom stereocenters. The average Bonchev–Trinajstić information content (AvgIpc) is 3.09. The number of aromatic nitrogens is 5. The van der Waals surface area contributed by atoms with E-state index in [4.69, 9.17) is 0 Å². The van der Waals surface area contributed by atoms with E-state index in [-0.39, 0.29) is 11.2 Å². The van der Waals surface area contributed by atoms with Crippen molar-refractivity contribution in [2.45, 2.75) is 47.2 Å². The lowest BCUT2D eigenvalue weighted by atomic mass is 9.97. The van der Waals surface area contributed by atoms with Gasteiger partial charge in [0.2, 0.25) is 11.8 Å². The van der Waals surface area contributed by atoms with Gasteiger partial charge in [0.05, 0.1) is 0 Å². The van der Waals surface area contributed by atoms with Gasteiger partial charge in [0.25, 0.3) is 0 Å². The van der Waals surface area contributed by atoms with Crippen molar-refractivity contribution in [3.8, 4) is 6.07 Å². The zero-order valence-corrected chi connectivity index (χ0v) is 18.8. The fourth-order valence-electron chi connectivity index (χ4n) is 3.96. The highest BCUT2D eigenvalue weighted by Crippen LogP contribution is 2.25. The molecule has 4 rings (SSSR count). The molecular weight excluding hydrogens is 388 g/mol. The Morgan fingerprint density at radius 2 is 1.74 bits per heavy atom. The molecule has 0 aromatic carbocycles. The second-order valence-corrected chi connectivity index (χ2v) is 9.37. The average molecular weight is 419 g/mol. The van der Waals surface area contributed by atoms with Crippen molar-refractivity contribution < 1.29 is 0 Å². The molecular formula is C23H30N8. The Morgan fingerprint density at radius 1 is 1.03 bits per heavy atom. The van der Waals surface area contributed by atoms with Crippen LogP contribution in [-0.2, 0) is 19.5 Å². The summed E-state index contributed by atoms with van der Waals surface area (Å²) in [7, 11) is 0. The van der Waals surface area contributed by atoms with Crippen LogP contribution in [0.15, 0.2) is 24.7 Å². The van der Waals surface area contributed by atoms with Gasteiger partial charge in [-0.3, -0.25) is 4.90 Å². The number of nitrogens with zero attached hydrogens (tertiary/aromatic N) is 8. The maximum atomic E-state index is 9.23. The van der Waals surface area contributed by atoms with Gasteiger partial charge >= 0.3 is 0 Å². The van der Waals surface area contributed by atoms with Crippen LogP contribution in [0.25, 0.3) is 11.0 Å². The molecule has 0 amide bonds. The van der Waals surface area contributed by atoms with Gasteiger partial charge in [0.15, 0.2) is 0 Å². The first kappa shape index (κ1) is 21.2. The van der Waals surface area contributed by atoms with Gasteiger partial charge in [-0.15, -0.1) is 0 Å². The molecule has 3 aromatic rings. The molecule has 1 aliphatic heterocycles. The molecule has 31 heavy (non-hydrogen) atoms. The standard InChI is InChI=1S/C23H30N8/c1-5-17-12-26-22(27-13-17)30-8-6-29(7-9-30)15-19-10-18-14-25-20(11-24)28-21(18)31(19)16-23(2,3)4/h10,12-14H,5-9,15-16H2,1-4H3. The van der Waals surface area contributed by atoms with Crippen LogP contribution in [0.4, 0.5) is 5.95 Å². The summed E-state index contributed by atoms with van der Waals surface area (Å²) in [6.45, 7) is 14.2. The molecule has 8 heteroatoms. The summed E-state index contributed by atoms with van der Waals surface area (Å²) < 4.78 is 2.26. The largest absolute Gasteiger partial charge is 0.338 e. The Bertz CT molecular complexity index is 1080. The summed E-state index contributed by atoms with van der Waals surface area (Å²) >= 11 is 0. The quantitative estimate of drug-likeness (QED) is 0.629. The molecule has 0 radical (unpaired) electrons. The van der Waals surface area contributed by atoms with E-state index in [1.54, 1.807) is 6.20 Å². The Kier molecular flexibility index (Phi) is 5.88. The minimum atomic E-state index is 0.0964. The fraction of sp³-hybridized carbons (Fsp3) is 0.522. The Balaban J connectivity index is 1.50. The van der Waals surface area contributed by atoms with E-state index in [0.717, 1.165) is 68.2 Å². The van der Waals surface area contributed by atoms with Crippen LogP contribution in [0, 0.1) is 16.7 Å². The molecule has 0 N–H and O–H groups in total. The first-order valence-electron chi connectivity index (χ1n) is 10.9. The third-order valence-corrected chi connectivity index (χ3v) is 5.59. The van der Waals surface area contributed by atoms with Gasteiger partial charge < -0.3 is 9.47 Å². The first-order chi connectivity index (χ1) is 14.9. The van der Waals surface area contributed by atoms with E-state index in [2.05, 4.69) is 74.1 Å². The lowest BCUT2D eigenvalue weighted by Gasteiger charge is -2.35. The number of rotatable bonds is 5. The first-order valence-corrected chi connectivity index (χ1v) is 10.9. The molecule has 0 atom stereocenters. The summed E-state index contributed by atoms with van der Waals surface area (Å²) in [5.74, 6) is 1.04. The zero-order valence-electron chi connectivity index (χ0n) is 18.8. The second-order valence-electron chi connectivity index (χ2n) is 9.37. The highest BCUT2D eigenvalue weighted by molar-refractivity contribution is 5.77. The Morgan fingerprint density at radius 3 is 2.35 bits per heavy atom. The maximum Gasteiger partial charge on any atom is 0.234 e. The van der Waals surface area contributed by atoms with Gasteiger partial charge in [-0.1, -0.05) is 27.7 Å². The van der Waals surface area contributed by atoms with Gasteiger partial charge in [0, 0.05) is 68.9 Å². The van der Waals surface area contributed by atoms with Gasteiger partial charge in [-0.25, -0.2) is 19.9 Å². The number of anilines is 1. The minimum Gasteiger partial charge on any atom is -0.338 e. The summed E-state index contributed by atoms with van der Waals surface area (Å²) in [6, 6.07) is 4.23. The van der Waals surface area contributed by atoms with E-state index in [1.807, 2.05) is 12.4 Å². The summed E-state index contributed by atoms with van der Waals surface area (Å²) in [6.07, 6.45) is 6.57.